The molecule has 3 aromatic rings. The van der Waals surface area contributed by atoms with Gasteiger partial charge in [-0.05, 0) is 48.0 Å². The van der Waals surface area contributed by atoms with E-state index in [1.807, 2.05) is 0 Å². The SMILES string of the molecule is O=[N+]([O-])c1cccnc1Oc1ccc(OCc2ccc(C(F)(F)F)cc2)cc1. The van der Waals surface area contributed by atoms with Crippen LogP contribution in [0.4, 0.5) is 18.9 Å². The van der Waals surface area contributed by atoms with Gasteiger partial charge in [0.1, 0.15) is 18.1 Å². The van der Waals surface area contributed by atoms with Crippen LogP contribution in [0, 0.1) is 10.1 Å². The van der Waals surface area contributed by atoms with E-state index < -0.39 is 16.7 Å². The monoisotopic (exact) mass is 390 g/mol. The second-order valence-corrected chi connectivity index (χ2v) is 5.64. The molecular weight excluding hydrogens is 377 g/mol. The lowest BCUT2D eigenvalue weighted by molar-refractivity contribution is -0.386. The third kappa shape index (κ3) is 4.76. The summed E-state index contributed by atoms with van der Waals surface area (Å²) < 4.78 is 48.6. The largest absolute Gasteiger partial charge is 0.489 e. The molecule has 2 aromatic carbocycles. The van der Waals surface area contributed by atoms with Gasteiger partial charge in [-0.25, -0.2) is 4.98 Å². The number of nitro groups is 1. The Hall–Kier alpha value is -3.62. The molecule has 0 radical (unpaired) electrons. The van der Waals surface area contributed by atoms with Gasteiger partial charge in [0.2, 0.25) is 0 Å². The van der Waals surface area contributed by atoms with Crippen LogP contribution >= 0.6 is 0 Å². The fourth-order valence-corrected chi connectivity index (χ4v) is 2.27. The molecule has 0 aliphatic heterocycles. The molecule has 0 N–H and O–H groups in total. The van der Waals surface area contributed by atoms with E-state index in [0.29, 0.717) is 17.1 Å². The number of ether oxygens (including phenoxy) is 2. The first-order chi connectivity index (χ1) is 13.3. The number of rotatable bonds is 6. The summed E-state index contributed by atoms with van der Waals surface area (Å²) in [7, 11) is 0. The van der Waals surface area contributed by atoms with Gasteiger partial charge in [-0.2, -0.15) is 13.2 Å². The molecule has 0 amide bonds. The molecule has 0 saturated heterocycles. The number of nitrogens with zero attached hydrogens (tertiary/aromatic N) is 2. The third-order valence-corrected chi connectivity index (χ3v) is 3.67. The molecule has 9 heteroatoms. The molecule has 0 aliphatic rings. The predicted octanol–water partition coefficient (Wildman–Crippen LogP) is 5.38. The molecule has 0 fully saturated rings. The summed E-state index contributed by atoms with van der Waals surface area (Å²) in [6.07, 6.45) is -3.00. The zero-order chi connectivity index (χ0) is 20.1. The second-order valence-electron chi connectivity index (χ2n) is 5.64. The topological polar surface area (TPSA) is 74.5 Å². The van der Waals surface area contributed by atoms with E-state index >= 15 is 0 Å². The molecule has 6 nitrogen and oxygen atoms in total. The molecule has 0 unspecified atom stereocenters. The number of hydrogen-bond donors (Lipinski definition) is 0. The lowest BCUT2D eigenvalue weighted by Gasteiger charge is -2.10. The smallest absolute Gasteiger partial charge is 0.416 e. The Kier molecular flexibility index (Phi) is 5.44. The highest BCUT2D eigenvalue weighted by atomic mass is 19.4. The lowest BCUT2D eigenvalue weighted by atomic mass is 10.1. The molecule has 28 heavy (non-hydrogen) atoms. The summed E-state index contributed by atoms with van der Waals surface area (Å²) in [5, 5.41) is 11.0. The van der Waals surface area contributed by atoms with E-state index in [-0.39, 0.29) is 18.2 Å². The van der Waals surface area contributed by atoms with Crippen molar-refractivity contribution in [2.24, 2.45) is 0 Å². The standard InChI is InChI=1S/C19H13F3N2O4/c20-19(21,22)14-5-3-13(4-6-14)12-27-15-7-9-16(10-8-15)28-18-17(24(25)26)2-1-11-23-18/h1-11H,12H2. The highest BCUT2D eigenvalue weighted by Gasteiger charge is 2.29. The number of pyridine rings is 1. The first-order valence-electron chi connectivity index (χ1n) is 7.99. The molecular formula is C19H13F3N2O4. The summed E-state index contributed by atoms with van der Waals surface area (Å²) in [5.41, 5.74) is -0.399. The number of alkyl halides is 3. The van der Waals surface area contributed by atoms with Crippen molar-refractivity contribution in [1.82, 2.24) is 4.98 Å². The second kappa shape index (κ2) is 7.95. The Morgan fingerprint density at radius 2 is 1.61 bits per heavy atom. The van der Waals surface area contributed by atoms with Crippen molar-refractivity contribution in [1.29, 1.82) is 0 Å². The van der Waals surface area contributed by atoms with Gasteiger partial charge >= 0.3 is 11.9 Å². The van der Waals surface area contributed by atoms with Crippen LogP contribution in [-0.2, 0) is 12.8 Å². The molecule has 0 spiro atoms. The van der Waals surface area contributed by atoms with Gasteiger partial charge < -0.3 is 9.47 Å². The van der Waals surface area contributed by atoms with Gasteiger partial charge in [0.15, 0.2) is 0 Å². The number of hydrogen-bond acceptors (Lipinski definition) is 5. The quantitative estimate of drug-likeness (QED) is 0.417. The van der Waals surface area contributed by atoms with Crippen molar-refractivity contribution < 1.29 is 27.6 Å². The maximum atomic E-state index is 12.5. The molecule has 0 saturated carbocycles. The van der Waals surface area contributed by atoms with Crippen molar-refractivity contribution in [3.63, 3.8) is 0 Å². The molecule has 0 bridgehead atoms. The van der Waals surface area contributed by atoms with Crippen molar-refractivity contribution in [3.05, 3.63) is 88.1 Å². The minimum atomic E-state index is -4.38. The summed E-state index contributed by atoms with van der Waals surface area (Å²) >= 11 is 0. The van der Waals surface area contributed by atoms with Gasteiger partial charge in [-0.1, -0.05) is 12.1 Å². The predicted molar refractivity (Wildman–Crippen MR) is 93.2 cm³/mol. The Labute approximate surface area is 157 Å². The lowest BCUT2D eigenvalue weighted by Crippen LogP contribution is -2.05. The van der Waals surface area contributed by atoms with E-state index in [9.17, 15) is 23.3 Å². The van der Waals surface area contributed by atoms with Gasteiger partial charge in [0.05, 0.1) is 10.5 Å². The Balaban J connectivity index is 1.61. The van der Waals surface area contributed by atoms with Gasteiger partial charge in [0.25, 0.3) is 5.88 Å². The highest BCUT2D eigenvalue weighted by Crippen LogP contribution is 2.30. The average Bonchev–Trinajstić information content (AvgIpc) is 2.67. The minimum Gasteiger partial charge on any atom is -0.489 e. The average molecular weight is 390 g/mol. The van der Waals surface area contributed by atoms with E-state index in [0.717, 1.165) is 12.1 Å². The fourth-order valence-electron chi connectivity index (χ4n) is 2.27. The third-order valence-electron chi connectivity index (χ3n) is 3.67. The zero-order valence-corrected chi connectivity index (χ0v) is 14.2. The summed E-state index contributed by atoms with van der Waals surface area (Å²) in [5.74, 6) is 0.650. The van der Waals surface area contributed by atoms with Gasteiger partial charge in [0, 0.05) is 12.3 Å². The number of benzene rings is 2. The minimum absolute atomic E-state index is 0.0874. The van der Waals surface area contributed by atoms with Crippen LogP contribution in [-0.4, -0.2) is 9.91 Å². The van der Waals surface area contributed by atoms with Crippen LogP contribution < -0.4 is 9.47 Å². The maximum Gasteiger partial charge on any atom is 0.416 e. The van der Waals surface area contributed by atoms with Gasteiger partial charge in [-0.3, -0.25) is 10.1 Å². The van der Waals surface area contributed by atoms with Gasteiger partial charge in [-0.15, -0.1) is 0 Å². The van der Waals surface area contributed by atoms with Crippen LogP contribution in [0.15, 0.2) is 66.9 Å². The molecule has 3 rings (SSSR count). The zero-order valence-electron chi connectivity index (χ0n) is 14.2. The van der Waals surface area contributed by atoms with E-state index in [1.54, 1.807) is 24.3 Å². The summed E-state index contributed by atoms with van der Waals surface area (Å²) in [6.45, 7) is 0.0874. The molecule has 144 valence electrons. The molecule has 0 aliphatic carbocycles. The van der Waals surface area contributed by atoms with Crippen LogP contribution in [0.3, 0.4) is 0 Å². The summed E-state index contributed by atoms with van der Waals surface area (Å²) in [4.78, 5) is 14.2. The normalized spacial score (nSPS) is 11.1. The highest BCUT2D eigenvalue weighted by molar-refractivity contribution is 5.43. The van der Waals surface area contributed by atoms with Crippen molar-refractivity contribution in [2.45, 2.75) is 12.8 Å². The Morgan fingerprint density at radius 3 is 2.21 bits per heavy atom. The van der Waals surface area contributed by atoms with Crippen LogP contribution in [0.25, 0.3) is 0 Å². The molecule has 1 heterocycles. The Bertz CT molecular complexity index is 958. The van der Waals surface area contributed by atoms with Crippen molar-refractivity contribution in [3.8, 4) is 17.4 Å². The van der Waals surface area contributed by atoms with Crippen molar-refractivity contribution >= 4 is 5.69 Å². The fraction of sp³-hybridized carbons (Fsp3) is 0.105. The van der Waals surface area contributed by atoms with E-state index in [1.165, 1.54) is 30.5 Å². The first kappa shape index (κ1) is 19.2. The first-order valence-corrected chi connectivity index (χ1v) is 7.99. The Morgan fingerprint density at radius 1 is 0.964 bits per heavy atom. The van der Waals surface area contributed by atoms with Crippen LogP contribution in [0.1, 0.15) is 11.1 Å². The summed E-state index contributed by atoms with van der Waals surface area (Å²) in [6, 6.07) is 13.6. The van der Waals surface area contributed by atoms with Crippen molar-refractivity contribution in [2.75, 3.05) is 0 Å². The van der Waals surface area contributed by atoms with E-state index in [4.69, 9.17) is 9.47 Å². The maximum absolute atomic E-state index is 12.5. The van der Waals surface area contributed by atoms with E-state index in [2.05, 4.69) is 4.98 Å². The molecule has 0 atom stereocenters. The number of aromatic nitrogens is 1. The molecule has 1 aromatic heterocycles. The number of halogens is 3. The van der Waals surface area contributed by atoms with Crippen LogP contribution in [0.5, 0.6) is 17.4 Å². The van der Waals surface area contributed by atoms with Crippen LogP contribution in [0.2, 0.25) is 0 Å².